The second-order valence-electron chi connectivity index (χ2n) is 2.80. The van der Waals surface area contributed by atoms with Crippen LogP contribution in [0.4, 0.5) is 10.7 Å². The van der Waals surface area contributed by atoms with Gasteiger partial charge in [0.05, 0.1) is 23.6 Å². The number of nitrogens with zero attached hydrogens (tertiary/aromatic N) is 3. The van der Waals surface area contributed by atoms with E-state index in [1.165, 1.54) is 18.6 Å². The van der Waals surface area contributed by atoms with Crippen LogP contribution in [0.3, 0.4) is 0 Å². The third kappa shape index (κ3) is 2.12. The van der Waals surface area contributed by atoms with Crippen LogP contribution in [0.2, 0.25) is 0 Å². The molecule has 0 aromatic carbocycles. The van der Waals surface area contributed by atoms with E-state index in [1.54, 1.807) is 6.07 Å². The minimum absolute atomic E-state index is 0.290. The Bertz CT molecular complexity index is 485. The smallest absolute Gasteiger partial charge is 0.258 e. The highest BCUT2D eigenvalue weighted by Crippen LogP contribution is 2.16. The first kappa shape index (κ1) is 10.5. The predicted octanol–water partition coefficient (Wildman–Crippen LogP) is 0.471. The van der Waals surface area contributed by atoms with E-state index in [9.17, 15) is 4.79 Å². The van der Waals surface area contributed by atoms with Crippen LogP contribution in [-0.4, -0.2) is 20.5 Å². The lowest BCUT2D eigenvalue weighted by atomic mass is 10.2. The molecule has 0 spiro atoms. The minimum Gasteiger partial charge on any atom is -0.322 e. The van der Waals surface area contributed by atoms with Gasteiger partial charge < -0.3 is 10.7 Å². The number of hydrogen-bond acceptors (Lipinski definition) is 7. The van der Waals surface area contributed by atoms with Crippen molar-refractivity contribution in [3.8, 4) is 0 Å². The first-order valence-corrected chi connectivity index (χ1v) is 5.08. The lowest BCUT2D eigenvalue weighted by Gasteiger charge is -2.06. The monoisotopic (exact) mass is 236 g/mol. The van der Waals surface area contributed by atoms with Crippen LogP contribution in [0.1, 0.15) is 10.4 Å². The van der Waals surface area contributed by atoms with Crippen LogP contribution in [-0.2, 0) is 0 Å². The molecule has 0 aliphatic heterocycles. The molecule has 0 bridgehead atoms. The van der Waals surface area contributed by atoms with Crippen molar-refractivity contribution in [3.05, 3.63) is 30.2 Å². The normalized spacial score (nSPS) is 9.81. The van der Waals surface area contributed by atoms with Crippen LogP contribution in [0.25, 0.3) is 0 Å². The first-order valence-electron chi connectivity index (χ1n) is 4.30. The standard InChI is InChI=1S/C8H8N6OS/c9-13-6-3-10-2-1-5(6)8(15)12-7-4-11-14-16-7/h1-4,13H,9H2,(H,12,15). The summed E-state index contributed by atoms with van der Waals surface area (Å²) >= 11 is 1.10. The molecule has 8 heteroatoms. The number of carbonyl (C=O) groups is 1. The molecular formula is C8H8N6OS. The highest BCUT2D eigenvalue weighted by molar-refractivity contribution is 7.10. The van der Waals surface area contributed by atoms with Crippen LogP contribution in [0.5, 0.6) is 0 Å². The van der Waals surface area contributed by atoms with Crippen LogP contribution >= 0.6 is 11.5 Å². The van der Waals surface area contributed by atoms with Gasteiger partial charge in [-0.15, -0.1) is 5.10 Å². The SMILES string of the molecule is NNc1cnccc1C(=O)Nc1cnns1. The number of anilines is 2. The van der Waals surface area contributed by atoms with Gasteiger partial charge in [0, 0.05) is 17.7 Å². The molecule has 4 N–H and O–H groups in total. The maximum absolute atomic E-state index is 11.8. The molecule has 82 valence electrons. The molecule has 2 aromatic heterocycles. The molecule has 2 heterocycles. The maximum atomic E-state index is 11.8. The highest BCUT2D eigenvalue weighted by Gasteiger charge is 2.11. The van der Waals surface area contributed by atoms with E-state index in [2.05, 4.69) is 25.3 Å². The van der Waals surface area contributed by atoms with Gasteiger partial charge >= 0.3 is 0 Å². The topological polar surface area (TPSA) is 106 Å². The lowest BCUT2D eigenvalue weighted by molar-refractivity contribution is 0.102. The van der Waals surface area contributed by atoms with Crippen LogP contribution in [0, 0.1) is 0 Å². The van der Waals surface area contributed by atoms with Crippen molar-refractivity contribution in [2.45, 2.75) is 0 Å². The van der Waals surface area contributed by atoms with E-state index >= 15 is 0 Å². The van der Waals surface area contributed by atoms with Gasteiger partial charge in [-0.3, -0.25) is 15.6 Å². The van der Waals surface area contributed by atoms with Crippen molar-refractivity contribution in [2.24, 2.45) is 5.84 Å². The van der Waals surface area contributed by atoms with Gasteiger partial charge in [-0.25, -0.2) is 0 Å². The second-order valence-corrected chi connectivity index (χ2v) is 3.59. The number of rotatable bonds is 3. The number of nitrogens with two attached hydrogens (primary N) is 1. The second kappa shape index (κ2) is 4.64. The number of hydrazine groups is 1. The third-order valence-corrected chi connectivity index (χ3v) is 2.40. The van der Waals surface area contributed by atoms with E-state index < -0.39 is 0 Å². The summed E-state index contributed by atoms with van der Waals surface area (Å²) in [6.45, 7) is 0. The summed E-state index contributed by atoms with van der Waals surface area (Å²) in [4.78, 5) is 15.7. The molecular weight excluding hydrogens is 228 g/mol. The molecule has 16 heavy (non-hydrogen) atoms. The van der Waals surface area contributed by atoms with E-state index in [0.29, 0.717) is 16.3 Å². The molecule has 0 aliphatic rings. The molecule has 0 saturated carbocycles. The number of nitrogens with one attached hydrogen (secondary N) is 2. The fourth-order valence-electron chi connectivity index (χ4n) is 1.11. The van der Waals surface area contributed by atoms with Crippen molar-refractivity contribution in [1.82, 2.24) is 14.6 Å². The Morgan fingerprint density at radius 2 is 2.31 bits per heavy atom. The van der Waals surface area contributed by atoms with Gasteiger partial charge in [0.25, 0.3) is 5.91 Å². The third-order valence-electron chi connectivity index (χ3n) is 1.82. The average Bonchev–Trinajstić information content (AvgIpc) is 2.81. The molecule has 2 rings (SSSR count). The Morgan fingerprint density at radius 1 is 1.44 bits per heavy atom. The van der Waals surface area contributed by atoms with Crippen molar-refractivity contribution in [3.63, 3.8) is 0 Å². The summed E-state index contributed by atoms with van der Waals surface area (Å²) in [5.74, 6) is 4.98. The van der Waals surface area contributed by atoms with E-state index in [0.717, 1.165) is 11.5 Å². The zero-order valence-electron chi connectivity index (χ0n) is 8.04. The minimum atomic E-state index is -0.290. The van der Waals surface area contributed by atoms with Gasteiger partial charge in [-0.2, -0.15) is 0 Å². The van der Waals surface area contributed by atoms with Crippen molar-refractivity contribution >= 4 is 28.1 Å². The number of amides is 1. The number of carbonyl (C=O) groups excluding carboxylic acids is 1. The lowest BCUT2D eigenvalue weighted by Crippen LogP contribution is -2.17. The van der Waals surface area contributed by atoms with Gasteiger partial charge in [0.2, 0.25) is 0 Å². The van der Waals surface area contributed by atoms with E-state index in [4.69, 9.17) is 5.84 Å². The first-order chi connectivity index (χ1) is 7.81. The average molecular weight is 236 g/mol. The fraction of sp³-hybridized carbons (Fsp3) is 0. The van der Waals surface area contributed by atoms with Gasteiger partial charge in [0.1, 0.15) is 5.00 Å². The molecule has 2 aromatic rings. The van der Waals surface area contributed by atoms with Crippen LogP contribution < -0.4 is 16.6 Å². The molecule has 0 unspecified atom stereocenters. The number of hydrogen-bond donors (Lipinski definition) is 3. The highest BCUT2D eigenvalue weighted by atomic mass is 32.1. The molecule has 0 aliphatic carbocycles. The Hall–Kier alpha value is -2.06. The number of nitrogen functional groups attached to an aromatic ring is 1. The Balaban J connectivity index is 2.21. The van der Waals surface area contributed by atoms with Gasteiger partial charge in [-0.05, 0) is 6.07 Å². The zero-order chi connectivity index (χ0) is 11.4. The molecule has 1 amide bonds. The predicted molar refractivity (Wildman–Crippen MR) is 59.9 cm³/mol. The molecule has 7 nitrogen and oxygen atoms in total. The molecule has 0 radical (unpaired) electrons. The number of pyridine rings is 1. The maximum Gasteiger partial charge on any atom is 0.258 e. The summed E-state index contributed by atoms with van der Waals surface area (Å²) < 4.78 is 3.64. The molecule has 0 saturated heterocycles. The van der Waals surface area contributed by atoms with Gasteiger partial charge in [-0.1, -0.05) is 4.49 Å². The van der Waals surface area contributed by atoms with Crippen molar-refractivity contribution < 1.29 is 4.79 Å². The summed E-state index contributed by atoms with van der Waals surface area (Å²) in [6, 6.07) is 1.57. The molecule has 0 fully saturated rings. The summed E-state index contributed by atoms with van der Waals surface area (Å²) in [5, 5.41) is 6.83. The summed E-state index contributed by atoms with van der Waals surface area (Å²) in [6.07, 6.45) is 4.46. The zero-order valence-corrected chi connectivity index (χ0v) is 8.86. The number of aromatic nitrogens is 3. The fourth-order valence-corrected chi connectivity index (χ4v) is 1.52. The van der Waals surface area contributed by atoms with Gasteiger partial charge in [0.15, 0.2) is 0 Å². The van der Waals surface area contributed by atoms with Crippen molar-refractivity contribution in [2.75, 3.05) is 10.7 Å². The quantitative estimate of drug-likeness (QED) is 0.528. The summed E-state index contributed by atoms with van der Waals surface area (Å²) in [7, 11) is 0. The summed E-state index contributed by atoms with van der Waals surface area (Å²) in [5.41, 5.74) is 3.27. The largest absolute Gasteiger partial charge is 0.322 e. The molecule has 0 atom stereocenters. The van der Waals surface area contributed by atoms with E-state index in [-0.39, 0.29) is 5.91 Å². The van der Waals surface area contributed by atoms with Crippen LogP contribution in [0.15, 0.2) is 24.7 Å². The van der Waals surface area contributed by atoms with Crippen molar-refractivity contribution in [1.29, 1.82) is 0 Å². The Morgan fingerprint density at radius 3 is 3.00 bits per heavy atom. The Labute approximate surface area is 94.8 Å². The van der Waals surface area contributed by atoms with E-state index in [1.807, 2.05) is 0 Å². The Kier molecular flexibility index (Phi) is 3.03.